The van der Waals surface area contributed by atoms with Gasteiger partial charge in [0.2, 0.25) is 0 Å². The van der Waals surface area contributed by atoms with E-state index in [4.69, 9.17) is 34.8 Å². The van der Waals surface area contributed by atoms with Gasteiger partial charge in [0.15, 0.2) is 0 Å². The summed E-state index contributed by atoms with van der Waals surface area (Å²) in [5.74, 6) is 0. The summed E-state index contributed by atoms with van der Waals surface area (Å²) >= 11 is 17.9. The summed E-state index contributed by atoms with van der Waals surface area (Å²) in [6.07, 6.45) is 2.03. The van der Waals surface area contributed by atoms with Gasteiger partial charge in [0.05, 0.1) is 0 Å². The van der Waals surface area contributed by atoms with E-state index in [0.717, 1.165) is 21.7 Å². The number of hydrogen-bond donors (Lipinski definition) is 0. The number of rotatable bonds is 2. The van der Waals surface area contributed by atoms with Crippen LogP contribution in [0.25, 0.3) is 11.6 Å². The smallest absolute Gasteiger partial charge is 0.0493 e. The third-order valence-corrected chi connectivity index (χ3v) is 3.45. The fraction of sp³-hybridized carbons (Fsp3) is 0.0667. The van der Waals surface area contributed by atoms with E-state index in [1.54, 1.807) is 6.07 Å². The number of halogens is 3. The zero-order valence-corrected chi connectivity index (χ0v) is 12.0. The zero-order valence-electron chi connectivity index (χ0n) is 9.75. The van der Waals surface area contributed by atoms with Gasteiger partial charge in [-0.05, 0) is 54.0 Å². The second-order valence-corrected chi connectivity index (χ2v) is 5.28. The van der Waals surface area contributed by atoms with Crippen LogP contribution in [0.1, 0.15) is 18.1 Å². The average Bonchev–Trinajstić information content (AvgIpc) is 2.33. The molecule has 0 fully saturated rings. The molecule has 0 bridgehead atoms. The molecular weight excluding hydrogens is 287 g/mol. The van der Waals surface area contributed by atoms with Gasteiger partial charge < -0.3 is 0 Å². The predicted octanol–water partition coefficient (Wildman–Crippen LogP) is 6.21. The maximum absolute atomic E-state index is 6.14. The Hall–Kier alpha value is -0.950. The molecule has 0 nitrogen and oxygen atoms in total. The van der Waals surface area contributed by atoms with E-state index < -0.39 is 0 Å². The van der Waals surface area contributed by atoms with Crippen molar-refractivity contribution in [3.8, 4) is 0 Å². The van der Waals surface area contributed by atoms with Gasteiger partial charge in [-0.3, -0.25) is 0 Å². The molecule has 0 spiro atoms. The van der Waals surface area contributed by atoms with Crippen molar-refractivity contribution in [3.63, 3.8) is 0 Å². The Bertz CT molecular complexity index is 583. The molecule has 0 amide bonds. The fourth-order valence-electron chi connectivity index (χ4n) is 1.65. The van der Waals surface area contributed by atoms with Crippen LogP contribution in [0.15, 0.2) is 42.5 Å². The lowest BCUT2D eigenvalue weighted by Crippen LogP contribution is -1.81. The van der Waals surface area contributed by atoms with Crippen molar-refractivity contribution in [1.29, 1.82) is 0 Å². The Morgan fingerprint density at radius 3 is 2.11 bits per heavy atom. The van der Waals surface area contributed by atoms with Gasteiger partial charge in [0.25, 0.3) is 0 Å². The minimum atomic E-state index is 0.640. The molecule has 0 atom stereocenters. The van der Waals surface area contributed by atoms with Gasteiger partial charge in [0.1, 0.15) is 0 Å². The average molecular weight is 298 g/mol. The summed E-state index contributed by atoms with van der Waals surface area (Å²) in [5.41, 5.74) is 3.19. The summed E-state index contributed by atoms with van der Waals surface area (Å²) in [5, 5.41) is 2.02. The second kappa shape index (κ2) is 5.79. The third kappa shape index (κ3) is 3.29. The SMILES string of the molecule is C/C(=C\c1ccc(Cl)cc1Cl)c1ccc(Cl)cc1. The van der Waals surface area contributed by atoms with Gasteiger partial charge in [-0.2, -0.15) is 0 Å². The summed E-state index contributed by atoms with van der Waals surface area (Å²) in [6, 6.07) is 13.2. The minimum Gasteiger partial charge on any atom is -0.0843 e. The molecule has 0 N–H and O–H groups in total. The van der Waals surface area contributed by atoms with E-state index in [1.165, 1.54) is 0 Å². The first kappa shape index (κ1) is 13.5. The lowest BCUT2D eigenvalue weighted by Gasteiger charge is -2.04. The number of hydrogen-bond acceptors (Lipinski definition) is 0. The lowest BCUT2D eigenvalue weighted by atomic mass is 10.0. The summed E-state index contributed by atoms with van der Waals surface area (Å²) in [7, 11) is 0. The van der Waals surface area contributed by atoms with Crippen molar-refractivity contribution < 1.29 is 0 Å². The molecule has 2 aromatic carbocycles. The predicted molar refractivity (Wildman–Crippen MR) is 81.5 cm³/mol. The van der Waals surface area contributed by atoms with Gasteiger partial charge in [0, 0.05) is 15.1 Å². The van der Waals surface area contributed by atoms with Crippen LogP contribution in [0.4, 0.5) is 0 Å². The molecule has 2 rings (SSSR count). The Morgan fingerprint density at radius 1 is 0.889 bits per heavy atom. The molecule has 0 aromatic heterocycles. The molecule has 0 aliphatic rings. The van der Waals surface area contributed by atoms with Crippen LogP contribution < -0.4 is 0 Å². The van der Waals surface area contributed by atoms with Crippen LogP contribution in [-0.4, -0.2) is 0 Å². The normalized spacial score (nSPS) is 11.7. The van der Waals surface area contributed by atoms with Gasteiger partial charge in [-0.15, -0.1) is 0 Å². The highest BCUT2D eigenvalue weighted by atomic mass is 35.5. The Morgan fingerprint density at radius 2 is 1.50 bits per heavy atom. The maximum Gasteiger partial charge on any atom is 0.0493 e. The Labute approximate surface area is 122 Å². The molecule has 0 heterocycles. The molecular formula is C15H11Cl3. The molecule has 3 heteroatoms. The lowest BCUT2D eigenvalue weighted by molar-refractivity contribution is 1.57. The molecule has 0 radical (unpaired) electrons. The van der Waals surface area contributed by atoms with Crippen molar-refractivity contribution in [2.24, 2.45) is 0 Å². The zero-order chi connectivity index (χ0) is 13.1. The Balaban J connectivity index is 2.35. The molecule has 0 unspecified atom stereocenters. The summed E-state index contributed by atoms with van der Waals surface area (Å²) in [4.78, 5) is 0. The van der Waals surface area contributed by atoms with E-state index in [9.17, 15) is 0 Å². The fourth-order valence-corrected chi connectivity index (χ4v) is 2.24. The summed E-state index contributed by atoms with van der Waals surface area (Å²) in [6.45, 7) is 2.04. The van der Waals surface area contributed by atoms with Gasteiger partial charge >= 0.3 is 0 Å². The van der Waals surface area contributed by atoms with Crippen molar-refractivity contribution in [3.05, 3.63) is 68.7 Å². The summed E-state index contributed by atoms with van der Waals surface area (Å²) < 4.78 is 0. The molecule has 0 saturated heterocycles. The molecule has 0 aliphatic heterocycles. The van der Waals surface area contributed by atoms with E-state index in [2.05, 4.69) is 0 Å². The van der Waals surface area contributed by atoms with Crippen molar-refractivity contribution in [1.82, 2.24) is 0 Å². The van der Waals surface area contributed by atoms with E-state index in [-0.39, 0.29) is 0 Å². The number of allylic oxidation sites excluding steroid dienone is 1. The van der Waals surface area contributed by atoms with Crippen LogP contribution in [0, 0.1) is 0 Å². The van der Waals surface area contributed by atoms with Crippen LogP contribution in [0.2, 0.25) is 15.1 Å². The molecule has 0 aliphatic carbocycles. The van der Waals surface area contributed by atoms with Crippen LogP contribution in [-0.2, 0) is 0 Å². The van der Waals surface area contributed by atoms with E-state index >= 15 is 0 Å². The van der Waals surface area contributed by atoms with Crippen LogP contribution >= 0.6 is 34.8 Å². The van der Waals surface area contributed by atoms with Gasteiger partial charge in [-0.25, -0.2) is 0 Å². The maximum atomic E-state index is 6.14. The topological polar surface area (TPSA) is 0 Å². The second-order valence-electron chi connectivity index (χ2n) is 4.00. The molecule has 0 saturated carbocycles. The highest BCUT2D eigenvalue weighted by Crippen LogP contribution is 2.26. The first-order valence-electron chi connectivity index (χ1n) is 5.45. The van der Waals surface area contributed by atoms with Gasteiger partial charge in [-0.1, -0.05) is 53.0 Å². The standard InChI is InChI=1S/C15H11Cl3/c1-10(11-2-5-13(16)6-3-11)8-12-4-7-14(17)9-15(12)18/h2-9H,1H3/b10-8+. The first-order valence-corrected chi connectivity index (χ1v) is 6.59. The van der Waals surface area contributed by atoms with Crippen LogP contribution in [0.5, 0.6) is 0 Å². The van der Waals surface area contributed by atoms with Crippen molar-refractivity contribution in [2.75, 3.05) is 0 Å². The highest BCUT2D eigenvalue weighted by molar-refractivity contribution is 6.35. The molecule has 18 heavy (non-hydrogen) atoms. The van der Waals surface area contributed by atoms with Crippen molar-refractivity contribution in [2.45, 2.75) is 6.92 Å². The quantitative estimate of drug-likeness (QED) is 0.578. The largest absolute Gasteiger partial charge is 0.0843 e. The van der Waals surface area contributed by atoms with Crippen molar-refractivity contribution >= 4 is 46.5 Å². The first-order chi connectivity index (χ1) is 8.56. The van der Waals surface area contributed by atoms with E-state index in [0.29, 0.717) is 10.0 Å². The molecule has 2 aromatic rings. The monoisotopic (exact) mass is 296 g/mol. The van der Waals surface area contributed by atoms with E-state index in [1.807, 2.05) is 49.4 Å². The van der Waals surface area contributed by atoms with Crippen LogP contribution in [0.3, 0.4) is 0 Å². The number of benzene rings is 2. The Kier molecular flexibility index (Phi) is 4.34. The molecule has 92 valence electrons. The highest BCUT2D eigenvalue weighted by Gasteiger charge is 2.01. The third-order valence-electron chi connectivity index (χ3n) is 2.63. The minimum absolute atomic E-state index is 0.640.